The quantitative estimate of drug-likeness (QED) is 0.453. The Morgan fingerprint density at radius 3 is 2.85 bits per heavy atom. The van der Waals surface area contributed by atoms with E-state index in [1.165, 1.54) is 6.07 Å². The molecule has 0 unspecified atom stereocenters. The van der Waals surface area contributed by atoms with Crippen LogP contribution in [0.4, 0.5) is 5.69 Å². The van der Waals surface area contributed by atoms with Crippen molar-refractivity contribution in [2.24, 2.45) is 0 Å². The van der Waals surface area contributed by atoms with Crippen molar-refractivity contribution in [1.29, 1.82) is 0 Å². The van der Waals surface area contributed by atoms with Crippen LogP contribution in [-0.4, -0.2) is 4.92 Å². The molecule has 0 aliphatic heterocycles. The summed E-state index contributed by atoms with van der Waals surface area (Å²) in [5, 5.41) is 10.5. The second-order valence-electron chi connectivity index (χ2n) is 2.42. The Kier molecular flexibility index (Phi) is 3.04. The van der Waals surface area contributed by atoms with Crippen molar-refractivity contribution in [2.75, 3.05) is 0 Å². The highest BCUT2D eigenvalue weighted by atomic mass is 79.9. The fraction of sp³-hybridized carbons (Fsp3) is 0.111. The standard InChI is InChI=1S/C9H6BrNO2/c1-2-3-7-4-5-8(10)9(6-7)11(12)13/h1,4-6H,3H2. The molecule has 0 aromatic heterocycles. The van der Waals surface area contributed by atoms with Crippen LogP contribution in [0.1, 0.15) is 5.56 Å². The van der Waals surface area contributed by atoms with Crippen molar-refractivity contribution in [2.45, 2.75) is 6.42 Å². The molecule has 1 aromatic carbocycles. The van der Waals surface area contributed by atoms with E-state index in [2.05, 4.69) is 21.9 Å². The lowest BCUT2D eigenvalue weighted by Gasteiger charge is -1.97. The van der Waals surface area contributed by atoms with Gasteiger partial charge in [-0.15, -0.1) is 12.3 Å². The lowest BCUT2D eigenvalue weighted by molar-refractivity contribution is -0.385. The zero-order chi connectivity index (χ0) is 9.84. The van der Waals surface area contributed by atoms with Crippen molar-refractivity contribution in [3.8, 4) is 12.3 Å². The number of hydrogen-bond acceptors (Lipinski definition) is 2. The zero-order valence-corrected chi connectivity index (χ0v) is 8.24. The van der Waals surface area contributed by atoms with Gasteiger partial charge in [-0.05, 0) is 27.6 Å². The summed E-state index contributed by atoms with van der Waals surface area (Å²) < 4.78 is 0.471. The van der Waals surface area contributed by atoms with E-state index in [0.29, 0.717) is 10.9 Å². The molecule has 13 heavy (non-hydrogen) atoms. The van der Waals surface area contributed by atoms with Gasteiger partial charge in [0.1, 0.15) is 0 Å². The molecular formula is C9H6BrNO2. The minimum Gasteiger partial charge on any atom is -0.258 e. The van der Waals surface area contributed by atoms with Gasteiger partial charge in [-0.25, -0.2) is 0 Å². The first-order valence-corrected chi connectivity index (χ1v) is 4.30. The predicted molar refractivity (Wildman–Crippen MR) is 53.3 cm³/mol. The fourth-order valence-corrected chi connectivity index (χ4v) is 1.32. The van der Waals surface area contributed by atoms with E-state index < -0.39 is 4.92 Å². The highest BCUT2D eigenvalue weighted by Gasteiger charge is 2.11. The maximum absolute atomic E-state index is 10.5. The third-order valence-corrected chi connectivity index (χ3v) is 2.18. The van der Waals surface area contributed by atoms with Gasteiger partial charge in [0.05, 0.1) is 9.40 Å². The second-order valence-corrected chi connectivity index (χ2v) is 3.28. The molecule has 0 aliphatic rings. The number of nitro groups is 1. The number of halogens is 1. The Hall–Kier alpha value is -1.34. The Balaban J connectivity index is 3.13. The van der Waals surface area contributed by atoms with Gasteiger partial charge in [0.15, 0.2) is 0 Å². The first-order chi connectivity index (χ1) is 6.15. The number of rotatable bonds is 2. The molecule has 0 fully saturated rings. The molecule has 0 heterocycles. The summed E-state index contributed by atoms with van der Waals surface area (Å²) in [4.78, 5) is 10.1. The molecule has 3 nitrogen and oxygen atoms in total. The molecule has 0 amide bonds. The third kappa shape index (κ3) is 2.30. The highest BCUT2D eigenvalue weighted by molar-refractivity contribution is 9.10. The summed E-state index contributed by atoms with van der Waals surface area (Å²) >= 11 is 3.09. The van der Waals surface area contributed by atoms with Crippen molar-refractivity contribution >= 4 is 21.6 Å². The van der Waals surface area contributed by atoms with Gasteiger partial charge in [-0.2, -0.15) is 0 Å². The Morgan fingerprint density at radius 1 is 1.62 bits per heavy atom. The summed E-state index contributed by atoms with van der Waals surface area (Å²) in [7, 11) is 0. The minimum atomic E-state index is -0.440. The molecule has 0 atom stereocenters. The fourth-order valence-electron chi connectivity index (χ4n) is 0.926. The van der Waals surface area contributed by atoms with Gasteiger partial charge in [0.25, 0.3) is 5.69 Å². The highest BCUT2D eigenvalue weighted by Crippen LogP contribution is 2.25. The van der Waals surface area contributed by atoms with E-state index >= 15 is 0 Å². The molecule has 0 saturated carbocycles. The predicted octanol–water partition coefficient (Wildman–Crippen LogP) is 2.53. The number of terminal acetylenes is 1. The van der Waals surface area contributed by atoms with Gasteiger partial charge in [-0.1, -0.05) is 6.07 Å². The van der Waals surface area contributed by atoms with E-state index in [9.17, 15) is 10.1 Å². The monoisotopic (exact) mass is 239 g/mol. The molecule has 0 radical (unpaired) electrons. The van der Waals surface area contributed by atoms with Crippen LogP contribution in [-0.2, 0) is 6.42 Å². The molecule has 0 saturated heterocycles. The molecule has 0 N–H and O–H groups in total. The molecule has 0 spiro atoms. The van der Waals surface area contributed by atoms with Crippen molar-refractivity contribution in [1.82, 2.24) is 0 Å². The van der Waals surface area contributed by atoms with E-state index in [-0.39, 0.29) is 5.69 Å². The SMILES string of the molecule is C#CCc1ccc(Br)c([N+](=O)[O-])c1. The first kappa shape index (κ1) is 9.75. The number of hydrogen-bond donors (Lipinski definition) is 0. The van der Waals surface area contributed by atoms with Crippen LogP contribution < -0.4 is 0 Å². The summed E-state index contributed by atoms with van der Waals surface area (Å²) in [6, 6.07) is 4.87. The molecule has 0 bridgehead atoms. The van der Waals surface area contributed by atoms with Crippen LogP contribution in [0.25, 0.3) is 0 Å². The topological polar surface area (TPSA) is 43.1 Å². The van der Waals surface area contributed by atoms with E-state index in [1.54, 1.807) is 12.1 Å². The Morgan fingerprint density at radius 2 is 2.31 bits per heavy atom. The van der Waals surface area contributed by atoms with Crippen LogP contribution in [0.5, 0.6) is 0 Å². The van der Waals surface area contributed by atoms with Crippen LogP contribution in [0, 0.1) is 22.5 Å². The van der Waals surface area contributed by atoms with E-state index in [0.717, 1.165) is 5.56 Å². The van der Waals surface area contributed by atoms with Crippen LogP contribution in [0.2, 0.25) is 0 Å². The molecule has 0 aliphatic carbocycles. The van der Waals surface area contributed by atoms with Gasteiger partial charge < -0.3 is 0 Å². The largest absolute Gasteiger partial charge is 0.283 e. The third-order valence-electron chi connectivity index (χ3n) is 1.51. The lowest BCUT2D eigenvalue weighted by atomic mass is 10.1. The van der Waals surface area contributed by atoms with Gasteiger partial charge in [0.2, 0.25) is 0 Å². The van der Waals surface area contributed by atoms with E-state index in [4.69, 9.17) is 6.42 Å². The zero-order valence-electron chi connectivity index (χ0n) is 6.66. The van der Waals surface area contributed by atoms with E-state index in [1.807, 2.05) is 0 Å². The average Bonchev–Trinajstić information content (AvgIpc) is 2.08. The average molecular weight is 240 g/mol. The number of benzene rings is 1. The molecule has 1 rings (SSSR count). The Labute approximate surface area is 84.0 Å². The van der Waals surface area contributed by atoms with Crippen molar-refractivity contribution < 1.29 is 4.92 Å². The molecule has 1 aromatic rings. The van der Waals surface area contributed by atoms with Crippen molar-refractivity contribution in [3.05, 3.63) is 38.3 Å². The molecule has 4 heteroatoms. The minimum absolute atomic E-state index is 0.0488. The number of nitro benzene ring substituents is 1. The molecule has 66 valence electrons. The maximum atomic E-state index is 10.5. The van der Waals surface area contributed by atoms with Gasteiger partial charge in [0, 0.05) is 12.5 Å². The second kappa shape index (κ2) is 4.06. The van der Waals surface area contributed by atoms with Gasteiger partial charge >= 0.3 is 0 Å². The van der Waals surface area contributed by atoms with Crippen LogP contribution >= 0.6 is 15.9 Å². The van der Waals surface area contributed by atoms with Crippen LogP contribution in [0.3, 0.4) is 0 Å². The van der Waals surface area contributed by atoms with Crippen molar-refractivity contribution in [3.63, 3.8) is 0 Å². The maximum Gasteiger partial charge on any atom is 0.283 e. The molecular weight excluding hydrogens is 234 g/mol. The number of nitrogens with zero attached hydrogens (tertiary/aromatic N) is 1. The lowest BCUT2D eigenvalue weighted by Crippen LogP contribution is -1.91. The smallest absolute Gasteiger partial charge is 0.258 e. The van der Waals surface area contributed by atoms with Crippen LogP contribution in [0.15, 0.2) is 22.7 Å². The normalized spacial score (nSPS) is 9.23. The summed E-state index contributed by atoms with van der Waals surface area (Å²) in [6.07, 6.45) is 5.50. The summed E-state index contributed by atoms with van der Waals surface area (Å²) in [6.45, 7) is 0. The van der Waals surface area contributed by atoms with Gasteiger partial charge in [-0.3, -0.25) is 10.1 Å². The Bertz CT molecular complexity index is 382. The summed E-state index contributed by atoms with van der Waals surface area (Å²) in [5.74, 6) is 2.43. The first-order valence-electron chi connectivity index (χ1n) is 3.51. The summed E-state index contributed by atoms with van der Waals surface area (Å²) in [5.41, 5.74) is 0.824.